The molecule has 2 aliphatic carbocycles. The minimum atomic E-state index is -0.914. The molecule has 2 saturated carbocycles. The number of hydrogen-bond acceptors (Lipinski definition) is 8. The minimum Gasteiger partial charge on any atom is -0.550 e. The molecule has 4 rings (SSSR count). The third-order valence-electron chi connectivity index (χ3n) is 10.3. The summed E-state index contributed by atoms with van der Waals surface area (Å²) in [6.07, 6.45) is 2.85. The molecule has 6 N–H and O–H groups in total. The van der Waals surface area contributed by atoms with Crippen molar-refractivity contribution in [2.45, 2.75) is 79.7 Å². The summed E-state index contributed by atoms with van der Waals surface area (Å²) in [6, 6.07) is 18.5. The molecule has 0 unspecified atom stereocenters. The molecular formula is C42H66N2O8. The van der Waals surface area contributed by atoms with Crippen molar-refractivity contribution in [1.82, 2.24) is 0 Å². The van der Waals surface area contributed by atoms with E-state index in [0.717, 1.165) is 20.9 Å². The summed E-state index contributed by atoms with van der Waals surface area (Å²) < 4.78 is 0. The molecule has 2 aliphatic rings. The molecule has 0 aromatic heterocycles. The maximum Gasteiger partial charge on any atom is 0.141 e. The van der Waals surface area contributed by atoms with Gasteiger partial charge in [0.25, 0.3) is 0 Å². The van der Waals surface area contributed by atoms with Crippen LogP contribution in [0.4, 0.5) is 0 Å². The van der Waals surface area contributed by atoms with Gasteiger partial charge in [0.05, 0.1) is 41.4 Å². The number of carbonyl (C=O) groups excluding carboxylic acids is 2. The van der Waals surface area contributed by atoms with E-state index in [0.29, 0.717) is 0 Å². The number of rotatable bonds is 12. The van der Waals surface area contributed by atoms with Crippen molar-refractivity contribution in [3.05, 3.63) is 95.1 Å². The molecule has 2 aromatic carbocycles. The van der Waals surface area contributed by atoms with Crippen LogP contribution in [0, 0.1) is 34.5 Å². The number of likely N-dealkylation sites (N-methyl/N-ethyl adjacent to an activating group) is 2. The molecule has 10 heteroatoms. The normalized spacial score (nSPS) is 22.7. The van der Waals surface area contributed by atoms with E-state index in [2.05, 4.69) is 0 Å². The van der Waals surface area contributed by atoms with Crippen LogP contribution < -0.4 is 20.0 Å². The van der Waals surface area contributed by atoms with Gasteiger partial charge in [-0.2, -0.15) is 0 Å². The van der Waals surface area contributed by atoms with Crippen molar-refractivity contribution in [3.63, 3.8) is 0 Å². The first-order valence-corrected chi connectivity index (χ1v) is 18.1. The molecule has 0 heterocycles. The number of nitrogens with one attached hydrogen (secondary N) is 2. The minimum absolute atomic E-state index is 0.0155. The zero-order valence-corrected chi connectivity index (χ0v) is 33.4. The Balaban J connectivity index is 0.000000348. The lowest BCUT2D eigenvalue weighted by atomic mass is 10.0. The second kappa shape index (κ2) is 20.8. The fraction of sp³-hybridized carbons (Fsp3) is 0.571. The molecular weight excluding hydrogens is 660 g/mol. The highest BCUT2D eigenvalue weighted by molar-refractivity contribution is 5.74. The lowest BCUT2D eigenvalue weighted by molar-refractivity contribution is -0.891. The molecule has 0 spiro atoms. The number of benzene rings is 2. The predicted octanol–water partition coefficient (Wildman–Crippen LogP) is 0.400. The summed E-state index contributed by atoms with van der Waals surface area (Å²) in [4.78, 5) is 23.3. The SMILES string of the molecule is CC(C)=C[C@@H]1[C@@H](C(=O)[O-])C1(C)C.CC(C)=C[C@H]1[C@H](C(=O)[O-])C1(C)C.C[NH+](C)[C@@H](CO)[C@@H](O)c1ccccc1.C[NH+](C)[C@@H](CO)[C@@H](O)c1ccccc1. The van der Waals surface area contributed by atoms with E-state index in [4.69, 9.17) is 10.2 Å². The second-order valence-corrected chi connectivity index (χ2v) is 16.2. The van der Waals surface area contributed by atoms with Crippen LogP contribution in [0.3, 0.4) is 0 Å². The van der Waals surface area contributed by atoms with E-state index in [1.54, 1.807) is 0 Å². The number of aliphatic hydroxyl groups excluding tert-OH is 4. The first kappa shape index (κ1) is 46.6. The number of quaternary nitrogens is 2. The highest BCUT2D eigenvalue weighted by atomic mass is 16.4. The topological polar surface area (TPSA) is 170 Å². The van der Waals surface area contributed by atoms with Crippen LogP contribution in [0.5, 0.6) is 0 Å². The Bertz CT molecular complexity index is 1320. The van der Waals surface area contributed by atoms with Crippen molar-refractivity contribution in [2.24, 2.45) is 34.5 Å². The highest BCUT2D eigenvalue weighted by Crippen LogP contribution is 2.59. The Morgan fingerprint density at radius 2 is 0.904 bits per heavy atom. The summed E-state index contributed by atoms with van der Waals surface area (Å²) >= 11 is 0. The van der Waals surface area contributed by atoms with E-state index in [1.165, 1.54) is 11.1 Å². The average Bonchev–Trinajstić information content (AvgIpc) is 3.82. The van der Waals surface area contributed by atoms with Gasteiger partial charge in [-0.1, -0.05) is 112 Å². The smallest absolute Gasteiger partial charge is 0.141 e. The zero-order chi connectivity index (χ0) is 40.1. The Labute approximate surface area is 312 Å². The van der Waals surface area contributed by atoms with E-state index in [1.807, 2.05) is 156 Å². The van der Waals surface area contributed by atoms with Gasteiger partial charge >= 0.3 is 0 Å². The van der Waals surface area contributed by atoms with E-state index in [-0.39, 0.29) is 59.8 Å². The molecule has 0 amide bonds. The van der Waals surface area contributed by atoms with Crippen molar-refractivity contribution >= 4 is 11.9 Å². The summed E-state index contributed by atoms with van der Waals surface area (Å²) in [7, 11) is 7.69. The molecule has 52 heavy (non-hydrogen) atoms. The standard InChI is InChI=1S/2C11H17NO2.2C10H16O2/c2*1-12(2)10(8-13)11(14)9-6-4-3-5-7-9;2*1-6(2)5-7-8(9(11)12)10(7,3)4/h2*3-7,10-11,13-14H,8H2,1-2H3;2*5,7-8H,1-4H3,(H,11,12)/t2*10-,11-;2*7-,8+/m0010/s1. The third-order valence-corrected chi connectivity index (χ3v) is 10.3. The molecule has 2 aromatic rings. The largest absolute Gasteiger partial charge is 0.550 e. The van der Waals surface area contributed by atoms with Gasteiger partial charge in [0.15, 0.2) is 0 Å². The number of allylic oxidation sites excluding steroid dienone is 4. The summed E-state index contributed by atoms with van der Waals surface area (Å²) in [6.45, 7) is 15.8. The van der Waals surface area contributed by atoms with Crippen LogP contribution in [-0.4, -0.2) is 85.9 Å². The molecule has 0 bridgehead atoms. The number of aliphatic carboxylic acids is 2. The maximum atomic E-state index is 10.6. The van der Waals surface area contributed by atoms with Crippen molar-refractivity contribution < 1.29 is 50.0 Å². The van der Waals surface area contributed by atoms with Gasteiger partial charge in [-0.3, -0.25) is 0 Å². The first-order valence-electron chi connectivity index (χ1n) is 18.1. The molecule has 292 valence electrons. The average molecular weight is 727 g/mol. The molecule has 0 saturated heterocycles. The number of carbonyl (C=O) groups is 2. The Morgan fingerprint density at radius 3 is 1.08 bits per heavy atom. The lowest BCUT2D eigenvalue weighted by Crippen LogP contribution is -3.11. The lowest BCUT2D eigenvalue weighted by Gasteiger charge is -2.24. The second-order valence-electron chi connectivity index (χ2n) is 16.2. The molecule has 8 atom stereocenters. The fourth-order valence-electron chi connectivity index (χ4n) is 6.56. The fourth-order valence-corrected chi connectivity index (χ4v) is 6.56. The third kappa shape index (κ3) is 13.5. The van der Waals surface area contributed by atoms with Gasteiger partial charge in [-0.25, -0.2) is 0 Å². The van der Waals surface area contributed by atoms with Gasteiger partial charge in [0, 0.05) is 23.8 Å². The monoisotopic (exact) mass is 726 g/mol. The number of carboxylic acids is 2. The zero-order valence-electron chi connectivity index (χ0n) is 33.4. The highest BCUT2D eigenvalue weighted by Gasteiger charge is 2.57. The van der Waals surface area contributed by atoms with Crippen LogP contribution in [0.1, 0.15) is 78.7 Å². The Kier molecular flexibility index (Phi) is 18.6. The van der Waals surface area contributed by atoms with Crippen LogP contribution in [0.25, 0.3) is 0 Å². The molecule has 10 nitrogen and oxygen atoms in total. The van der Waals surface area contributed by atoms with E-state index >= 15 is 0 Å². The quantitative estimate of drug-likeness (QED) is 0.171. The Morgan fingerprint density at radius 1 is 0.635 bits per heavy atom. The first-order chi connectivity index (χ1) is 24.1. The predicted molar refractivity (Wildman–Crippen MR) is 201 cm³/mol. The van der Waals surface area contributed by atoms with E-state index < -0.39 is 24.1 Å². The number of hydrogen-bond donors (Lipinski definition) is 6. The van der Waals surface area contributed by atoms with Crippen LogP contribution in [0.2, 0.25) is 0 Å². The molecule has 2 fully saturated rings. The van der Waals surface area contributed by atoms with Crippen molar-refractivity contribution in [3.8, 4) is 0 Å². The summed E-state index contributed by atoms with van der Waals surface area (Å²) in [5, 5.41) is 59.5. The van der Waals surface area contributed by atoms with Gasteiger partial charge in [0.2, 0.25) is 0 Å². The van der Waals surface area contributed by atoms with Crippen LogP contribution in [0.15, 0.2) is 84.0 Å². The summed E-state index contributed by atoms with van der Waals surface area (Å²) in [5.41, 5.74) is 3.86. The summed E-state index contributed by atoms with van der Waals surface area (Å²) in [5.74, 6) is -2.05. The van der Waals surface area contributed by atoms with Crippen LogP contribution >= 0.6 is 0 Å². The van der Waals surface area contributed by atoms with E-state index in [9.17, 15) is 30.0 Å². The van der Waals surface area contributed by atoms with Crippen molar-refractivity contribution in [1.29, 1.82) is 0 Å². The van der Waals surface area contributed by atoms with Crippen molar-refractivity contribution in [2.75, 3.05) is 41.4 Å². The number of carboxylic acid groups (broad SMARTS) is 2. The Hall–Kier alpha value is -3.38. The van der Waals surface area contributed by atoms with Gasteiger partial charge in [-0.05, 0) is 61.5 Å². The molecule has 0 radical (unpaired) electrons. The van der Waals surface area contributed by atoms with Crippen LogP contribution in [-0.2, 0) is 9.59 Å². The van der Waals surface area contributed by atoms with Gasteiger partial charge < -0.3 is 50.0 Å². The van der Waals surface area contributed by atoms with Gasteiger partial charge in [-0.15, -0.1) is 0 Å². The number of aliphatic hydroxyl groups is 4. The van der Waals surface area contributed by atoms with Gasteiger partial charge in [0.1, 0.15) is 24.3 Å². The molecule has 0 aliphatic heterocycles. The maximum absolute atomic E-state index is 10.6.